The smallest absolute Gasteiger partial charge is 0.410 e. The molecule has 6 nitrogen and oxygen atoms in total. The number of likely N-dealkylation sites (tertiary alicyclic amines) is 1. The molecule has 0 aromatic heterocycles. The highest BCUT2D eigenvalue weighted by atomic mass is 35.5. The number of hydrogen-bond acceptors (Lipinski definition) is 4. The van der Waals surface area contributed by atoms with Crippen LogP contribution in [0.5, 0.6) is 0 Å². The number of carbonyl (C=O) groups is 1. The Kier molecular flexibility index (Phi) is 7.14. The van der Waals surface area contributed by atoms with Crippen LogP contribution in [0.15, 0.2) is 29.3 Å². The summed E-state index contributed by atoms with van der Waals surface area (Å²) in [7, 11) is 0. The van der Waals surface area contributed by atoms with E-state index in [2.05, 4.69) is 10.3 Å². The quantitative estimate of drug-likeness (QED) is 0.460. The lowest BCUT2D eigenvalue weighted by atomic mass is 9.97. The predicted octanol–water partition coefficient (Wildman–Crippen LogP) is 3.97. The second-order valence-electron chi connectivity index (χ2n) is 7.58. The number of rotatable bonds is 5. The Morgan fingerprint density at radius 1 is 1.31 bits per heavy atom. The molecule has 0 spiro atoms. The average molecular weight is 381 g/mol. The molecule has 2 rings (SSSR count). The fourth-order valence-electron chi connectivity index (χ4n) is 2.76. The summed E-state index contributed by atoms with van der Waals surface area (Å²) in [5.74, 6) is 1.17. The number of amides is 1. The van der Waals surface area contributed by atoms with Gasteiger partial charge in [-0.15, -0.1) is 11.6 Å². The molecule has 7 heteroatoms. The second-order valence-corrected chi connectivity index (χ2v) is 7.84. The standard InChI is InChI=1S/C19H29ClN4O2/c1-19(2,3)26-18(25)24-10-8-14(9-11-24)13-22-15-4-6-16(7-5-15)23-17(21)12-20/h4-7,14,22H,8-13H2,1-3H3,(H2,21,23). The van der Waals surface area contributed by atoms with Crippen LogP contribution >= 0.6 is 11.6 Å². The summed E-state index contributed by atoms with van der Waals surface area (Å²) in [5.41, 5.74) is 7.02. The summed E-state index contributed by atoms with van der Waals surface area (Å²) in [6.45, 7) is 8.04. The molecule has 1 saturated heterocycles. The number of piperidine rings is 1. The SMILES string of the molecule is CC(C)(C)OC(=O)N1CCC(CNc2ccc(N=C(N)CCl)cc2)CC1. The van der Waals surface area contributed by atoms with E-state index in [0.29, 0.717) is 11.8 Å². The highest BCUT2D eigenvalue weighted by Gasteiger charge is 2.26. The fourth-order valence-corrected chi connectivity index (χ4v) is 2.82. The number of amidine groups is 1. The van der Waals surface area contributed by atoms with E-state index in [-0.39, 0.29) is 12.0 Å². The number of hydrogen-bond donors (Lipinski definition) is 2. The summed E-state index contributed by atoms with van der Waals surface area (Å²) in [5, 5.41) is 3.45. The summed E-state index contributed by atoms with van der Waals surface area (Å²) in [6.07, 6.45) is 1.73. The first-order valence-electron chi connectivity index (χ1n) is 8.97. The van der Waals surface area contributed by atoms with Gasteiger partial charge in [-0.3, -0.25) is 0 Å². The first-order valence-corrected chi connectivity index (χ1v) is 9.51. The molecular weight excluding hydrogens is 352 g/mol. The molecule has 1 aromatic rings. The molecule has 1 aliphatic rings. The van der Waals surface area contributed by atoms with Crippen LogP contribution in [-0.4, -0.2) is 47.9 Å². The number of nitrogens with one attached hydrogen (secondary N) is 1. The van der Waals surface area contributed by atoms with Crippen LogP contribution in [0, 0.1) is 5.92 Å². The van der Waals surface area contributed by atoms with Crippen molar-refractivity contribution in [2.45, 2.75) is 39.2 Å². The maximum absolute atomic E-state index is 12.1. The van der Waals surface area contributed by atoms with Crippen LogP contribution in [0.3, 0.4) is 0 Å². The summed E-state index contributed by atoms with van der Waals surface area (Å²) >= 11 is 5.63. The molecule has 0 bridgehead atoms. The lowest BCUT2D eigenvalue weighted by Crippen LogP contribution is -2.42. The zero-order valence-corrected chi connectivity index (χ0v) is 16.6. The minimum Gasteiger partial charge on any atom is -0.444 e. The van der Waals surface area contributed by atoms with Crippen molar-refractivity contribution in [2.75, 3.05) is 30.8 Å². The van der Waals surface area contributed by atoms with Crippen LogP contribution < -0.4 is 11.1 Å². The van der Waals surface area contributed by atoms with Gasteiger partial charge in [0, 0.05) is 25.3 Å². The third-order valence-corrected chi connectivity index (χ3v) is 4.41. The molecule has 0 aliphatic carbocycles. The van der Waals surface area contributed by atoms with Gasteiger partial charge in [0.25, 0.3) is 0 Å². The molecule has 3 N–H and O–H groups in total. The van der Waals surface area contributed by atoms with Crippen molar-refractivity contribution in [2.24, 2.45) is 16.6 Å². The summed E-state index contributed by atoms with van der Waals surface area (Å²) in [6, 6.07) is 7.78. The van der Waals surface area contributed by atoms with Crippen molar-refractivity contribution in [1.82, 2.24) is 4.90 Å². The highest BCUT2D eigenvalue weighted by Crippen LogP contribution is 2.21. The van der Waals surface area contributed by atoms with Crippen LogP contribution in [-0.2, 0) is 4.74 Å². The van der Waals surface area contributed by atoms with Crippen LogP contribution in [0.2, 0.25) is 0 Å². The number of alkyl halides is 1. The van der Waals surface area contributed by atoms with Gasteiger partial charge in [-0.1, -0.05) is 0 Å². The Hall–Kier alpha value is -1.95. The summed E-state index contributed by atoms with van der Waals surface area (Å²) < 4.78 is 5.43. The number of halogens is 1. The Labute approximate surface area is 160 Å². The lowest BCUT2D eigenvalue weighted by molar-refractivity contribution is 0.0188. The van der Waals surface area contributed by atoms with Gasteiger partial charge in [0.05, 0.1) is 11.6 Å². The van der Waals surface area contributed by atoms with Crippen molar-refractivity contribution < 1.29 is 9.53 Å². The van der Waals surface area contributed by atoms with E-state index in [9.17, 15) is 4.79 Å². The first-order chi connectivity index (χ1) is 12.3. The molecule has 1 heterocycles. The number of ether oxygens (including phenoxy) is 1. The average Bonchev–Trinajstić information content (AvgIpc) is 2.60. The van der Waals surface area contributed by atoms with Crippen LogP contribution in [0.4, 0.5) is 16.2 Å². The number of anilines is 1. The molecule has 1 amide bonds. The van der Waals surface area contributed by atoms with Crippen molar-refractivity contribution in [3.8, 4) is 0 Å². The van der Waals surface area contributed by atoms with Crippen LogP contribution in [0.1, 0.15) is 33.6 Å². The van der Waals surface area contributed by atoms with Gasteiger partial charge in [0.2, 0.25) is 0 Å². The van der Waals surface area contributed by atoms with Gasteiger partial charge in [-0.25, -0.2) is 9.79 Å². The second kappa shape index (κ2) is 9.12. The molecule has 1 aliphatic heterocycles. The minimum atomic E-state index is -0.444. The number of carbonyl (C=O) groups excluding carboxylic acids is 1. The molecule has 1 aromatic carbocycles. The molecular formula is C19H29ClN4O2. The van der Waals surface area contributed by atoms with E-state index >= 15 is 0 Å². The van der Waals surface area contributed by atoms with Gasteiger partial charge < -0.3 is 20.7 Å². The lowest BCUT2D eigenvalue weighted by Gasteiger charge is -2.33. The molecule has 0 radical (unpaired) electrons. The zero-order valence-electron chi connectivity index (χ0n) is 15.8. The number of benzene rings is 1. The van der Waals surface area contributed by atoms with Gasteiger partial charge >= 0.3 is 6.09 Å². The molecule has 0 saturated carbocycles. The van der Waals surface area contributed by atoms with Crippen molar-refractivity contribution >= 4 is 34.9 Å². The van der Waals surface area contributed by atoms with E-state index in [1.165, 1.54) is 0 Å². The molecule has 144 valence electrons. The number of nitrogens with two attached hydrogens (primary N) is 1. The van der Waals surface area contributed by atoms with E-state index in [1.54, 1.807) is 4.90 Å². The molecule has 0 atom stereocenters. The van der Waals surface area contributed by atoms with E-state index in [4.69, 9.17) is 22.1 Å². The maximum atomic E-state index is 12.1. The van der Waals surface area contributed by atoms with E-state index in [1.807, 2.05) is 45.0 Å². The van der Waals surface area contributed by atoms with Crippen LogP contribution in [0.25, 0.3) is 0 Å². The van der Waals surface area contributed by atoms with Crippen molar-refractivity contribution in [3.63, 3.8) is 0 Å². The normalized spacial score (nSPS) is 16.5. The van der Waals surface area contributed by atoms with Gasteiger partial charge in [0.15, 0.2) is 0 Å². The predicted molar refractivity (Wildman–Crippen MR) is 107 cm³/mol. The highest BCUT2D eigenvalue weighted by molar-refractivity contribution is 6.28. The molecule has 26 heavy (non-hydrogen) atoms. The number of nitrogens with zero attached hydrogens (tertiary/aromatic N) is 2. The van der Waals surface area contributed by atoms with E-state index < -0.39 is 5.60 Å². The summed E-state index contributed by atoms with van der Waals surface area (Å²) in [4.78, 5) is 18.1. The van der Waals surface area contributed by atoms with Crippen molar-refractivity contribution in [1.29, 1.82) is 0 Å². The Morgan fingerprint density at radius 2 is 1.92 bits per heavy atom. The zero-order chi connectivity index (χ0) is 19.2. The Bertz CT molecular complexity index is 617. The van der Waals surface area contributed by atoms with Gasteiger partial charge in [-0.2, -0.15) is 0 Å². The van der Waals surface area contributed by atoms with Crippen molar-refractivity contribution in [3.05, 3.63) is 24.3 Å². The van der Waals surface area contributed by atoms with E-state index in [0.717, 1.165) is 43.9 Å². The third kappa shape index (κ3) is 6.75. The van der Waals surface area contributed by atoms with Gasteiger partial charge in [0.1, 0.15) is 11.4 Å². The maximum Gasteiger partial charge on any atom is 0.410 e. The van der Waals surface area contributed by atoms with Gasteiger partial charge in [-0.05, 0) is 63.8 Å². The Balaban J connectivity index is 1.75. The first kappa shape index (κ1) is 20.4. The third-order valence-electron chi connectivity index (χ3n) is 4.14. The number of aliphatic imine (C=N–C) groups is 1. The largest absolute Gasteiger partial charge is 0.444 e. The Morgan fingerprint density at radius 3 is 2.46 bits per heavy atom. The topological polar surface area (TPSA) is 80.0 Å². The fraction of sp³-hybridized carbons (Fsp3) is 0.579. The molecule has 1 fully saturated rings. The monoisotopic (exact) mass is 380 g/mol. The molecule has 0 unspecified atom stereocenters. The minimum absolute atomic E-state index is 0.212.